The molecule has 0 saturated heterocycles. The first-order valence-corrected chi connectivity index (χ1v) is 8.47. The molecule has 0 bridgehead atoms. The van der Waals surface area contributed by atoms with E-state index in [9.17, 15) is 4.79 Å². The Kier molecular flexibility index (Phi) is 8.38. The van der Waals surface area contributed by atoms with Crippen LogP contribution in [-0.2, 0) is 19.0 Å². The molecule has 0 amide bonds. The molecule has 0 atom stereocenters. The van der Waals surface area contributed by atoms with Crippen LogP contribution >= 0.6 is 69.6 Å². The summed E-state index contributed by atoms with van der Waals surface area (Å²) < 4.78 is 12.5. The lowest BCUT2D eigenvalue weighted by Crippen LogP contribution is -2.27. The number of alkyl halides is 6. The van der Waals surface area contributed by atoms with Gasteiger partial charge in [-0.1, -0.05) is 69.6 Å². The van der Waals surface area contributed by atoms with Gasteiger partial charge in [-0.2, -0.15) is 0 Å². The summed E-state index contributed by atoms with van der Waals surface area (Å²) in [7, 11) is 0. The molecule has 1 rings (SSSR count). The number of ether oxygens (including phenoxy) is 3. The van der Waals surface area contributed by atoms with Gasteiger partial charge in [0.1, 0.15) is 6.61 Å². The smallest absolute Gasteiger partial charge is 0.334 e. The van der Waals surface area contributed by atoms with Crippen LogP contribution in [0.2, 0.25) is 0 Å². The van der Waals surface area contributed by atoms with Crippen LogP contribution < -0.4 is 0 Å². The van der Waals surface area contributed by atoms with E-state index in [0.717, 1.165) is 5.57 Å². The van der Waals surface area contributed by atoms with Gasteiger partial charge in [-0.25, -0.2) is 4.79 Å². The Labute approximate surface area is 158 Å². The monoisotopic (exact) mass is 432 g/mol. The SMILES string of the molecule is CC1=C(CCC(OCC(Cl)(Cl)Cl)OCC(Cl)(Cl)Cl)C(=O)OC1. The molecular weight excluding hydrogens is 421 g/mol. The van der Waals surface area contributed by atoms with Gasteiger partial charge in [0.05, 0.1) is 13.2 Å². The fourth-order valence-electron chi connectivity index (χ4n) is 1.69. The van der Waals surface area contributed by atoms with Gasteiger partial charge in [-0.05, 0) is 18.9 Å². The summed E-state index contributed by atoms with van der Waals surface area (Å²) in [5.41, 5.74) is 1.45. The minimum absolute atomic E-state index is 0.204. The van der Waals surface area contributed by atoms with Crippen molar-refractivity contribution in [1.29, 1.82) is 0 Å². The largest absolute Gasteiger partial charge is 0.458 e. The minimum Gasteiger partial charge on any atom is -0.458 e. The molecule has 0 unspecified atom stereocenters. The lowest BCUT2D eigenvalue weighted by atomic mass is 10.1. The van der Waals surface area contributed by atoms with Crippen LogP contribution in [0.25, 0.3) is 0 Å². The van der Waals surface area contributed by atoms with Crippen LogP contribution in [-0.4, -0.2) is 39.7 Å². The highest BCUT2D eigenvalue weighted by Gasteiger charge is 2.28. The fraction of sp³-hybridized carbons (Fsp3) is 0.750. The molecule has 0 radical (unpaired) electrons. The maximum atomic E-state index is 11.5. The fourth-order valence-corrected chi connectivity index (χ4v) is 2.07. The normalized spacial score (nSPS) is 16.6. The van der Waals surface area contributed by atoms with E-state index in [1.807, 2.05) is 6.92 Å². The predicted octanol–water partition coefficient (Wildman–Crippen LogP) is 4.74. The van der Waals surface area contributed by atoms with Crippen LogP contribution in [0.5, 0.6) is 0 Å². The molecule has 0 spiro atoms. The van der Waals surface area contributed by atoms with Gasteiger partial charge in [0, 0.05) is 12.0 Å². The van der Waals surface area contributed by atoms with Crippen molar-refractivity contribution in [3.8, 4) is 0 Å². The highest BCUT2D eigenvalue weighted by Crippen LogP contribution is 2.30. The number of carbonyl (C=O) groups is 1. The Balaban J connectivity index is 2.57. The van der Waals surface area contributed by atoms with Crippen LogP contribution in [0.4, 0.5) is 0 Å². The summed E-state index contributed by atoms with van der Waals surface area (Å²) in [5.74, 6) is -0.348. The van der Waals surface area contributed by atoms with Crippen molar-refractivity contribution in [1.82, 2.24) is 0 Å². The minimum atomic E-state index is -1.59. The summed E-state index contributed by atoms with van der Waals surface area (Å²) in [4.78, 5) is 11.5. The molecule has 22 heavy (non-hydrogen) atoms. The average molecular weight is 435 g/mol. The van der Waals surface area contributed by atoms with Gasteiger partial charge in [-0.3, -0.25) is 0 Å². The highest BCUT2D eigenvalue weighted by atomic mass is 35.6. The second-order valence-corrected chi connectivity index (χ2v) is 9.69. The number of cyclic esters (lactones) is 1. The van der Waals surface area contributed by atoms with E-state index in [1.165, 1.54) is 0 Å². The van der Waals surface area contributed by atoms with Crippen molar-refractivity contribution in [3.05, 3.63) is 11.1 Å². The summed E-state index contributed by atoms with van der Waals surface area (Å²) in [6.07, 6.45) is -0.0851. The van der Waals surface area contributed by atoms with Gasteiger partial charge >= 0.3 is 5.97 Å². The van der Waals surface area contributed by atoms with Gasteiger partial charge in [0.2, 0.25) is 7.59 Å². The summed E-state index contributed by atoms with van der Waals surface area (Å²) in [6, 6.07) is 0. The summed E-state index contributed by atoms with van der Waals surface area (Å²) in [5, 5.41) is 0. The molecule has 1 aliphatic heterocycles. The molecule has 0 aliphatic carbocycles. The van der Waals surface area contributed by atoms with E-state index >= 15 is 0 Å². The Morgan fingerprint density at radius 3 is 1.95 bits per heavy atom. The van der Waals surface area contributed by atoms with Crippen molar-refractivity contribution in [2.75, 3.05) is 19.8 Å². The van der Waals surface area contributed by atoms with Crippen molar-refractivity contribution in [3.63, 3.8) is 0 Å². The standard InChI is InChI=1S/C12H14Cl6O4/c1-7-4-20-10(19)8(7)2-3-9(21-5-11(13,14)15)22-6-12(16,17)18/h9H,2-6H2,1H3. The van der Waals surface area contributed by atoms with E-state index in [1.54, 1.807) is 0 Å². The van der Waals surface area contributed by atoms with Crippen molar-refractivity contribution < 1.29 is 19.0 Å². The maximum Gasteiger partial charge on any atom is 0.334 e. The predicted molar refractivity (Wildman–Crippen MR) is 89.2 cm³/mol. The Morgan fingerprint density at radius 1 is 1.09 bits per heavy atom. The van der Waals surface area contributed by atoms with E-state index in [4.69, 9.17) is 83.8 Å². The van der Waals surface area contributed by atoms with E-state index in [2.05, 4.69) is 0 Å². The van der Waals surface area contributed by atoms with Crippen LogP contribution in [0, 0.1) is 0 Å². The van der Waals surface area contributed by atoms with Gasteiger partial charge < -0.3 is 14.2 Å². The van der Waals surface area contributed by atoms with Gasteiger partial charge in [0.15, 0.2) is 6.29 Å². The van der Waals surface area contributed by atoms with E-state index in [0.29, 0.717) is 25.0 Å². The molecule has 1 heterocycles. The maximum absolute atomic E-state index is 11.5. The first-order chi connectivity index (χ1) is 9.98. The van der Waals surface area contributed by atoms with E-state index < -0.39 is 13.9 Å². The second-order valence-electron chi connectivity index (χ2n) is 4.66. The van der Waals surface area contributed by atoms with E-state index in [-0.39, 0.29) is 19.2 Å². The zero-order valence-corrected chi connectivity index (χ0v) is 16.0. The number of halogens is 6. The number of hydrogen-bond acceptors (Lipinski definition) is 4. The summed E-state index contributed by atoms with van der Waals surface area (Å²) in [6.45, 7) is 1.71. The molecule has 0 N–H and O–H groups in total. The number of rotatable bonds is 7. The summed E-state index contributed by atoms with van der Waals surface area (Å²) >= 11 is 33.8. The number of esters is 1. The number of hydrogen-bond donors (Lipinski definition) is 0. The topological polar surface area (TPSA) is 44.8 Å². The molecule has 0 aromatic rings. The van der Waals surface area contributed by atoms with Crippen LogP contribution in [0.1, 0.15) is 19.8 Å². The zero-order chi connectivity index (χ0) is 17.0. The first-order valence-electron chi connectivity index (χ1n) is 6.20. The number of carbonyl (C=O) groups excluding carboxylic acids is 1. The molecule has 0 aromatic carbocycles. The van der Waals surface area contributed by atoms with Gasteiger partial charge in [-0.15, -0.1) is 0 Å². The lowest BCUT2D eigenvalue weighted by molar-refractivity contribution is -0.144. The third-order valence-electron chi connectivity index (χ3n) is 2.68. The second kappa shape index (κ2) is 8.82. The quantitative estimate of drug-likeness (QED) is 0.330. The van der Waals surface area contributed by atoms with Crippen LogP contribution in [0.3, 0.4) is 0 Å². The Bertz CT molecular complexity index is 408. The van der Waals surface area contributed by atoms with Crippen molar-refractivity contribution in [2.24, 2.45) is 0 Å². The van der Waals surface area contributed by atoms with Crippen molar-refractivity contribution in [2.45, 2.75) is 33.6 Å². The molecule has 10 heteroatoms. The third kappa shape index (κ3) is 8.65. The lowest BCUT2D eigenvalue weighted by Gasteiger charge is -2.23. The molecule has 0 aromatic heterocycles. The average Bonchev–Trinajstić information content (AvgIpc) is 2.66. The first kappa shape index (κ1) is 20.9. The molecule has 0 fully saturated rings. The third-order valence-corrected chi connectivity index (χ3v) is 3.33. The Hall–Kier alpha value is 0.870. The zero-order valence-electron chi connectivity index (χ0n) is 11.5. The molecule has 0 saturated carbocycles. The Morgan fingerprint density at radius 2 is 1.59 bits per heavy atom. The van der Waals surface area contributed by atoms with Gasteiger partial charge in [0.25, 0.3) is 0 Å². The van der Waals surface area contributed by atoms with Crippen molar-refractivity contribution >= 4 is 75.6 Å². The molecule has 1 aliphatic rings. The molecule has 128 valence electrons. The van der Waals surface area contributed by atoms with Crippen LogP contribution in [0.15, 0.2) is 11.1 Å². The molecule has 4 nitrogen and oxygen atoms in total. The highest BCUT2D eigenvalue weighted by molar-refractivity contribution is 6.68. The molecular formula is C12H14Cl6O4.